The Labute approximate surface area is 118 Å². The average Bonchev–Trinajstić information content (AvgIpc) is 2.40. The Bertz CT molecular complexity index is 630. The first-order valence-corrected chi connectivity index (χ1v) is 7.66. The van der Waals surface area contributed by atoms with Gasteiger partial charge in [0.1, 0.15) is 11.0 Å². The minimum absolute atomic E-state index is 0.0478. The summed E-state index contributed by atoms with van der Waals surface area (Å²) in [5.74, 6) is 0. The van der Waals surface area contributed by atoms with E-state index in [-0.39, 0.29) is 10.5 Å². The molecule has 0 unspecified atom stereocenters. The molecule has 1 heterocycles. The summed E-state index contributed by atoms with van der Waals surface area (Å²) >= 11 is 0. The van der Waals surface area contributed by atoms with Gasteiger partial charge in [0, 0.05) is 31.9 Å². The fraction of sp³-hybridized carbons (Fsp3) is 0.417. The molecule has 0 saturated carbocycles. The van der Waals surface area contributed by atoms with Gasteiger partial charge in [-0.3, -0.25) is 0 Å². The molecule has 1 aliphatic heterocycles. The van der Waals surface area contributed by atoms with Crippen molar-refractivity contribution in [1.82, 2.24) is 14.7 Å². The van der Waals surface area contributed by atoms with Crippen LogP contribution < -0.4 is 10.6 Å². The lowest BCUT2D eigenvalue weighted by Crippen LogP contribution is -2.52. The van der Waals surface area contributed by atoms with Crippen LogP contribution in [0.5, 0.6) is 0 Å². The maximum atomic E-state index is 12.3. The summed E-state index contributed by atoms with van der Waals surface area (Å²) in [4.78, 5) is 4.58. The van der Waals surface area contributed by atoms with Gasteiger partial charge in [-0.2, -0.15) is 5.26 Å². The van der Waals surface area contributed by atoms with Crippen molar-refractivity contribution in [2.45, 2.75) is 4.90 Å². The van der Waals surface area contributed by atoms with E-state index in [9.17, 15) is 8.42 Å². The van der Waals surface area contributed by atoms with Crippen molar-refractivity contribution >= 4 is 15.7 Å². The lowest BCUT2D eigenvalue weighted by Gasteiger charge is -2.32. The number of rotatable bonds is 3. The third-order valence-electron chi connectivity index (χ3n) is 3.17. The second-order valence-electron chi connectivity index (χ2n) is 4.75. The molecular weight excluding hydrogens is 278 g/mol. The lowest BCUT2D eigenvalue weighted by atomic mass is 10.2. The molecule has 20 heavy (non-hydrogen) atoms. The molecule has 0 atom stereocenters. The van der Waals surface area contributed by atoms with Crippen molar-refractivity contribution < 1.29 is 8.42 Å². The van der Waals surface area contributed by atoms with Gasteiger partial charge < -0.3 is 10.6 Å². The van der Waals surface area contributed by atoms with Crippen LogP contribution in [0.25, 0.3) is 0 Å². The molecule has 2 rings (SSSR count). The maximum absolute atomic E-state index is 12.3. The van der Waals surface area contributed by atoms with Gasteiger partial charge in [-0.25, -0.2) is 13.4 Å². The van der Waals surface area contributed by atoms with E-state index in [1.54, 1.807) is 5.01 Å². The van der Waals surface area contributed by atoms with Crippen molar-refractivity contribution in [2.24, 2.45) is 0 Å². The van der Waals surface area contributed by atoms with Crippen molar-refractivity contribution in [1.29, 1.82) is 5.26 Å². The predicted octanol–water partition coefficient (Wildman–Crippen LogP) is -0.419. The van der Waals surface area contributed by atoms with Crippen molar-refractivity contribution in [3.63, 3.8) is 0 Å². The number of hydrogen-bond donors (Lipinski definition) is 2. The zero-order chi connectivity index (χ0) is 14.8. The minimum atomic E-state index is -3.76. The van der Waals surface area contributed by atoms with E-state index >= 15 is 0 Å². The SMILES string of the molecule is CN1CCN(NS(=O)(=O)c2ccc(N)cc2C#N)CC1. The van der Waals surface area contributed by atoms with Crippen LogP contribution in [0, 0.1) is 11.3 Å². The van der Waals surface area contributed by atoms with Crippen molar-refractivity contribution in [3.05, 3.63) is 23.8 Å². The van der Waals surface area contributed by atoms with Gasteiger partial charge in [-0.05, 0) is 25.2 Å². The molecule has 0 spiro atoms. The molecule has 1 aliphatic rings. The molecule has 3 N–H and O–H groups in total. The number of nitrogens with zero attached hydrogens (tertiary/aromatic N) is 3. The first-order valence-electron chi connectivity index (χ1n) is 6.18. The summed E-state index contributed by atoms with van der Waals surface area (Å²) in [5, 5.41) is 10.7. The number of nitriles is 1. The summed E-state index contributed by atoms with van der Waals surface area (Å²) in [5.41, 5.74) is 5.97. The maximum Gasteiger partial charge on any atom is 0.254 e. The number of hydrazine groups is 1. The average molecular weight is 295 g/mol. The second-order valence-corrected chi connectivity index (χ2v) is 6.38. The molecule has 1 saturated heterocycles. The van der Waals surface area contributed by atoms with Gasteiger partial charge in [0.05, 0.1) is 5.56 Å². The zero-order valence-electron chi connectivity index (χ0n) is 11.2. The highest BCUT2D eigenvalue weighted by molar-refractivity contribution is 7.89. The highest BCUT2D eigenvalue weighted by Crippen LogP contribution is 2.18. The summed E-state index contributed by atoms with van der Waals surface area (Å²) in [6.07, 6.45) is 0. The number of sulfonamides is 1. The molecular formula is C12H17N5O2S. The molecule has 1 aromatic carbocycles. The highest BCUT2D eigenvalue weighted by atomic mass is 32.2. The highest BCUT2D eigenvalue weighted by Gasteiger charge is 2.23. The summed E-state index contributed by atoms with van der Waals surface area (Å²) in [7, 11) is -1.77. The standard InChI is InChI=1S/C12H17N5O2S/c1-16-4-6-17(7-5-16)15-20(18,19)12-3-2-11(14)8-10(12)9-13/h2-3,8,15H,4-7,14H2,1H3. The van der Waals surface area contributed by atoms with Crippen LogP contribution in [0.15, 0.2) is 23.1 Å². The number of benzene rings is 1. The minimum Gasteiger partial charge on any atom is -0.399 e. The van der Waals surface area contributed by atoms with E-state index in [1.165, 1.54) is 18.2 Å². The molecule has 0 aliphatic carbocycles. The van der Waals surface area contributed by atoms with Crippen molar-refractivity contribution in [2.75, 3.05) is 39.0 Å². The Morgan fingerprint density at radius 3 is 2.55 bits per heavy atom. The first-order chi connectivity index (χ1) is 9.42. The fourth-order valence-corrected chi connectivity index (χ4v) is 3.25. The number of nitrogens with two attached hydrogens (primary N) is 1. The number of nitrogen functional groups attached to an aromatic ring is 1. The van der Waals surface area contributed by atoms with Crippen molar-refractivity contribution in [3.8, 4) is 6.07 Å². The molecule has 8 heteroatoms. The number of nitrogens with one attached hydrogen (secondary N) is 1. The van der Waals surface area contributed by atoms with Crippen LogP contribution in [0.3, 0.4) is 0 Å². The monoisotopic (exact) mass is 295 g/mol. The van der Waals surface area contributed by atoms with Gasteiger partial charge >= 0.3 is 0 Å². The topological polar surface area (TPSA) is 102 Å². The predicted molar refractivity (Wildman–Crippen MR) is 75.0 cm³/mol. The Morgan fingerprint density at radius 2 is 1.95 bits per heavy atom. The van der Waals surface area contributed by atoms with Gasteiger partial charge in [-0.1, -0.05) is 0 Å². The van der Waals surface area contributed by atoms with E-state index in [4.69, 9.17) is 11.0 Å². The Hall–Kier alpha value is -1.66. The molecule has 0 radical (unpaired) electrons. The molecule has 7 nitrogen and oxygen atoms in total. The van der Waals surface area contributed by atoms with Crippen LogP contribution in [0.4, 0.5) is 5.69 Å². The summed E-state index contributed by atoms with van der Waals surface area (Å²) < 4.78 is 24.6. The molecule has 0 amide bonds. The smallest absolute Gasteiger partial charge is 0.254 e. The Morgan fingerprint density at radius 1 is 1.30 bits per heavy atom. The molecule has 1 aromatic rings. The quantitative estimate of drug-likeness (QED) is 0.734. The molecule has 0 bridgehead atoms. The summed E-state index contributed by atoms with van der Waals surface area (Å²) in [6, 6.07) is 6.05. The Balaban J connectivity index is 2.21. The van der Waals surface area contributed by atoms with Crippen LogP contribution in [-0.2, 0) is 10.0 Å². The van der Waals surface area contributed by atoms with Crippen LogP contribution >= 0.6 is 0 Å². The number of hydrogen-bond acceptors (Lipinski definition) is 6. The first kappa shape index (κ1) is 14.7. The fourth-order valence-electron chi connectivity index (χ4n) is 1.99. The van der Waals surface area contributed by atoms with E-state index in [0.29, 0.717) is 18.8 Å². The molecule has 0 aromatic heterocycles. The second kappa shape index (κ2) is 5.76. The van der Waals surface area contributed by atoms with E-state index < -0.39 is 10.0 Å². The third kappa shape index (κ3) is 3.26. The van der Waals surface area contributed by atoms with Gasteiger partial charge in [0.25, 0.3) is 10.0 Å². The van der Waals surface area contributed by atoms with Gasteiger partial charge in [0.15, 0.2) is 0 Å². The largest absolute Gasteiger partial charge is 0.399 e. The molecule has 1 fully saturated rings. The number of piperazine rings is 1. The van der Waals surface area contributed by atoms with E-state index in [1.807, 2.05) is 13.1 Å². The third-order valence-corrected chi connectivity index (χ3v) is 4.60. The number of anilines is 1. The van der Waals surface area contributed by atoms with Gasteiger partial charge in [0.2, 0.25) is 0 Å². The van der Waals surface area contributed by atoms with Gasteiger partial charge in [-0.15, -0.1) is 4.83 Å². The van der Waals surface area contributed by atoms with Crippen LogP contribution in [0.2, 0.25) is 0 Å². The Kier molecular flexibility index (Phi) is 4.25. The number of likely N-dealkylation sites (N-methyl/N-ethyl adjacent to an activating group) is 1. The van der Waals surface area contributed by atoms with Crippen LogP contribution in [0.1, 0.15) is 5.56 Å². The lowest BCUT2D eigenvalue weighted by molar-refractivity contribution is 0.135. The van der Waals surface area contributed by atoms with E-state index in [2.05, 4.69) is 9.73 Å². The van der Waals surface area contributed by atoms with Crippen LogP contribution in [-0.4, -0.2) is 51.6 Å². The van der Waals surface area contributed by atoms with E-state index in [0.717, 1.165) is 13.1 Å². The zero-order valence-corrected chi connectivity index (χ0v) is 12.0. The molecule has 108 valence electrons. The summed E-state index contributed by atoms with van der Waals surface area (Å²) in [6.45, 7) is 2.78. The normalized spacial score (nSPS) is 17.8.